The second kappa shape index (κ2) is 7.56. The Morgan fingerprint density at radius 2 is 2.23 bits per heavy atom. The van der Waals surface area contributed by atoms with Gasteiger partial charge in [-0.3, -0.25) is 4.79 Å². The highest BCUT2D eigenvalue weighted by molar-refractivity contribution is 5.77. The second-order valence-electron chi connectivity index (χ2n) is 5.46. The zero-order valence-corrected chi connectivity index (χ0v) is 12.8. The monoisotopic (exact) mass is 311 g/mol. The summed E-state index contributed by atoms with van der Waals surface area (Å²) in [5, 5.41) is 12.4. The minimum Gasteiger partial charge on any atom is -0.494 e. The lowest BCUT2D eigenvalue weighted by molar-refractivity contribution is -0.127. The molecule has 22 heavy (non-hydrogen) atoms. The van der Waals surface area contributed by atoms with Gasteiger partial charge in [0.2, 0.25) is 5.91 Å². The highest BCUT2D eigenvalue weighted by Crippen LogP contribution is 2.38. The predicted octanol–water partition coefficient (Wildman–Crippen LogP) is 1.80. The van der Waals surface area contributed by atoms with Crippen molar-refractivity contribution in [3.63, 3.8) is 0 Å². The maximum Gasteiger partial charge on any atom is 0.246 e. The molecule has 1 aliphatic carbocycles. The number of amides is 1. The molecular weight excluding hydrogens is 289 g/mol. The van der Waals surface area contributed by atoms with E-state index in [0.29, 0.717) is 25.0 Å². The van der Waals surface area contributed by atoms with E-state index >= 15 is 0 Å². The van der Waals surface area contributed by atoms with Crippen LogP contribution < -0.4 is 10.1 Å². The van der Waals surface area contributed by atoms with Crippen molar-refractivity contribution >= 4 is 5.91 Å². The van der Waals surface area contributed by atoms with Gasteiger partial charge in [0, 0.05) is 6.61 Å². The van der Waals surface area contributed by atoms with Gasteiger partial charge in [0.1, 0.15) is 6.61 Å². The zero-order chi connectivity index (χ0) is 16.1. The van der Waals surface area contributed by atoms with Gasteiger partial charge in [0.25, 0.3) is 0 Å². The summed E-state index contributed by atoms with van der Waals surface area (Å²) in [4.78, 5) is 11.9. The topological polar surface area (TPSA) is 67.8 Å². The van der Waals surface area contributed by atoms with Crippen LogP contribution in [0.3, 0.4) is 0 Å². The summed E-state index contributed by atoms with van der Waals surface area (Å²) < 4.78 is 23.9. The molecule has 1 fully saturated rings. The molecule has 1 atom stereocenters. The number of aliphatic hydroxyl groups is 1. The summed E-state index contributed by atoms with van der Waals surface area (Å²) >= 11 is 0. The second-order valence-corrected chi connectivity index (χ2v) is 5.46. The molecule has 0 bridgehead atoms. The number of hydrogen-bond donors (Lipinski definition) is 2. The van der Waals surface area contributed by atoms with Crippen molar-refractivity contribution in [3.8, 4) is 5.75 Å². The van der Waals surface area contributed by atoms with Crippen molar-refractivity contribution in [3.05, 3.63) is 29.6 Å². The molecule has 0 radical (unpaired) electrons. The number of carbonyl (C=O) groups is 1. The molecule has 2 N–H and O–H groups in total. The van der Waals surface area contributed by atoms with E-state index < -0.39 is 5.82 Å². The first-order valence-corrected chi connectivity index (χ1v) is 7.43. The average molecular weight is 311 g/mol. The van der Waals surface area contributed by atoms with Gasteiger partial charge < -0.3 is 19.9 Å². The normalized spacial score (nSPS) is 21.8. The maximum atomic E-state index is 13.9. The highest BCUT2D eigenvalue weighted by atomic mass is 19.1. The number of nitrogens with one attached hydrogen (secondary N) is 1. The van der Waals surface area contributed by atoms with E-state index in [2.05, 4.69) is 5.32 Å². The summed E-state index contributed by atoms with van der Waals surface area (Å²) in [6, 6.07) is 4.31. The Labute approximate surface area is 129 Å². The lowest BCUT2D eigenvalue weighted by atomic mass is 9.75. The van der Waals surface area contributed by atoms with Crippen molar-refractivity contribution in [2.45, 2.75) is 31.9 Å². The van der Waals surface area contributed by atoms with Gasteiger partial charge in [-0.1, -0.05) is 6.07 Å². The van der Waals surface area contributed by atoms with Gasteiger partial charge in [-0.25, -0.2) is 4.39 Å². The molecule has 1 aliphatic rings. The lowest BCUT2D eigenvalue weighted by Gasteiger charge is -2.38. The molecule has 0 aromatic heterocycles. The molecule has 1 saturated carbocycles. The number of carbonyl (C=O) groups excluding carboxylic acids is 1. The summed E-state index contributed by atoms with van der Waals surface area (Å²) in [6.07, 6.45) is 0.833. The average Bonchev–Trinajstić information content (AvgIpc) is 2.47. The van der Waals surface area contributed by atoms with Crippen molar-refractivity contribution < 1.29 is 23.8 Å². The van der Waals surface area contributed by atoms with E-state index in [9.17, 15) is 14.3 Å². The molecule has 1 unspecified atom stereocenters. The largest absolute Gasteiger partial charge is 0.494 e. The molecule has 0 spiro atoms. The Kier molecular flexibility index (Phi) is 5.74. The van der Waals surface area contributed by atoms with Crippen LogP contribution in [0, 0.1) is 11.7 Å². The molecule has 1 amide bonds. The van der Waals surface area contributed by atoms with E-state index in [0.717, 1.165) is 0 Å². The van der Waals surface area contributed by atoms with Crippen LogP contribution in [-0.4, -0.2) is 37.4 Å². The third-order valence-electron chi connectivity index (χ3n) is 3.91. The third kappa shape index (κ3) is 3.96. The van der Waals surface area contributed by atoms with Gasteiger partial charge >= 0.3 is 0 Å². The van der Waals surface area contributed by atoms with Crippen LogP contribution in [0.4, 0.5) is 4.39 Å². The lowest BCUT2D eigenvalue weighted by Crippen LogP contribution is -2.42. The molecule has 6 heteroatoms. The SMILES string of the molecule is CCOCC(=O)NC(c1ccc(OC)c(F)c1)C1CC(O)C1. The maximum absolute atomic E-state index is 13.9. The van der Waals surface area contributed by atoms with Crippen LogP contribution in [0.2, 0.25) is 0 Å². The fourth-order valence-electron chi connectivity index (χ4n) is 2.66. The summed E-state index contributed by atoms with van der Waals surface area (Å²) in [5.74, 6) is -0.460. The number of rotatable bonds is 7. The van der Waals surface area contributed by atoms with E-state index in [1.54, 1.807) is 12.1 Å². The number of halogens is 1. The van der Waals surface area contributed by atoms with Gasteiger partial charge in [-0.15, -0.1) is 0 Å². The molecule has 5 nitrogen and oxygen atoms in total. The van der Waals surface area contributed by atoms with Crippen LogP contribution in [0.15, 0.2) is 18.2 Å². The molecule has 2 rings (SSSR count). The van der Waals surface area contributed by atoms with Crippen LogP contribution in [0.25, 0.3) is 0 Å². The smallest absolute Gasteiger partial charge is 0.246 e. The van der Waals surface area contributed by atoms with E-state index in [1.807, 2.05) is 6.92 Å². The zero-order valence-electron chi connectivity index (χ0n) is 12.8. The minimum atomic E-state index is -0.469. The van der Waals surface area contributed by atoms with Gasteiger partial charge in [-0.05, 0) is 43.4 Å². The Balaban J connectivity index is 2.13. The summed E-state index contributed by atoms with van der Waals surface area (Å²) in [7, 11) is 1.40. The Bertz CT molecular complexity index is 517. The summed E-state index contributed by atoms with van der Waals surface area (Å²) in [5.41, 5.74) is 0.667. The van der Waals surface area contributed by atoms with Crippen LogP contribution in [0.5, 0.6) is 5.75 Å². The van der Waals surface area contributed by atoms with E-state index in [1.165, 1.54) is 13.2 Å². The van der Waals surface area contributed by atoms with Gasteiger partial charge in [0.15, 0.2) is 11.6 Å². The Morgan fingerprint density at radius 3 is 2.77 bits per heavy atom. The summed E-state index contributed by atoms with van der Waals surface area (Å²) in [6.45, 7) is 2.24. The molecule has 0 aliphatic heterocycles. The Morgan fingerprint density at radius 1 is 1.50 bits per heavy atom. The van der Waals surface area contributed by atoms with Crippen LogP contribution in [0.1, 0.15) is 31.4 Å². The number of aliphatic hydroxyl groups excluding tert-OH is 1. The minimum absolute atomic E-state index is 0.0269. The number of hydrogen-bond acceptors (Lipinski definition) is 4. The van der Waals surface area contributed by atoms with Crippen LogP contribution in [-0.2, 0) is 9.53 Å². The molecule has 1 aromatic carbocycles. The first-order chi connectivity index (χ1) is 10.5. The van der Waals surface area contributed by atoms with Crippen molar-refractivity contribution in [1.29, 1.82) is 0 Å². The molecule has 1 aromatic rings. The van der Waals surface area contributed by atoms with E-state index in [-0.39, 0.29) is 36.3 Å². The number of benzene rings is 1. The van der Waals surface area contributed by atoms with Crippen molar-refractivity contribution in [1.82, 2.24) is 5.32 Å². The van der Waals surface area contributed by atoms with Crippen molar-refractivity contribution in [2.24, 2.45) is 5.92 Å². The highest BCUT2D eigenvalue weighted by Gasteiger charge is 2.35. The third-order valence-corrected chi connectivity index (χ3v) is 3.91. The first kappa shape index (κ1) is 16.7. The molecule has 0 heterocycles. The van der Waals surface area contributed by atoms with Crippen LogP contribution >= 0.6 is 0 Å². The number of ether oxygens (including phenoxy) is 2. The van der Waals surface area contributed by atoms with E-state index in [4.69, 9.17) is 9.47 Å². The molecular formula is C16H22FNO4. The Hall–Kier alpha value is -1.66. The predicted molar refractivity (Wildman–Crippen MR) is 79.1 cm³/mol. The fraction of sp³-hybridized carbons (Fsp3) is 0.562. The van der Waals surface area contributed by atoms with Crippen molar-refractivity contribution in [2.75, 3.05) is 20.3 Å². The number of methoxy groups -OCH3 is 1. The fourth-order valence-corrected chi connectivity index (χ4v) is 2.66. The molecule has 0 saturated heterocycles. The standard InChI is InChI=1S/C16H22FNO4/c1-3-22-9-15(20)18-16(11-6-12(19)7-11)10-4-5-14(21-2)13(17)8-10/h4-5,8,11-12,16,19H,3,6-7,9H2,1-2H3,(H,18,20). The molecule has 122 valence electrons. The van der Waals surface area contributed by atoms with Gasteiger partial charge in [0.05, 0.1) is 19.3 Å². The quantitative estimate of drug-likeness (QED) is 0.806. The van der Waals surface area contributed by atoms with Gasteiger partial charge in [-0.2, -0.15) is 0 Å². The first-order valence-electron chi connectivity index (χ1n) is 7.43.